The first-order valence-electron chi connectivity index (χ1n) is 8.22. The summed E-state index contributed by atoms with van der Waals surface area (Å²) in [6, 6.07) is 12.7. The van der Waals surface area contributed by atoms with Crippen LogP contribution in [0.25, 0.3) is 10.9 Å². The number of hydrogen-bond donors (Lipinski definition) is 2. The molecule has 124 valence electrons. The topological polar surface area (TPSA) is 31.1 Å². The van der Waals surface area contributed by atoms with Crippen molar-refractivity contribution in [3.05, 3.63) is 53.2 Å². The Bertz CT molecular complexity index is 868. The minimum Gasteiger partial charge on any atom is -0.368 e. The van der Waals surface area contributed by atoms with Crippen molar-refractivity contribution in [2.45, 2.75) is 16.7 Å². The maximum atomic E-state index is 6.43. The Hall–Kier alpha value is -1.62. The Kier molecular flexibility index (Phi) is 4.44. The van der Waals surface area contributed by atoms with Gasteiger partial charge in [0.15, 0.2) is 0 Å². The van der Waals surface area contributed by atoms with Gasteiger partial charge in [0.25, 0.3) is 0 Å². The molecule has 24 heavy (non-hydrogen) atoms. The van der Waals surface area contributed by atoms with Crippen LogP contribution in [0.1, 0.15) is 5.56 Å². The lowest BCUT2D eigenvalue weighted by Gasteiger charge is -2.31. The van der Waals surface area contributed by atoms with Gasteiger partial charge in [-0.15, -0.1) is 0 Å². The Morgan fingerprint density at radius 1 is 1.08 bits per heavy atom. The number of H-pyrrole nitrogens is 1. The van der Waals surface area contributed by atoms with Gasteiger partial charge >= 0.3 is 0 Å². The highest BCUT2D eigenvalue weighted by atomic mass is 35.5. The molecule has 0 atom stereocenters. The van der Waals surface area contributed by atoms with Crippen molar-refractivity contribution in [2.24, 2.45) is 0 Å². The van der Waals surface area contributed by atoms with E-state index in [1.807, 2.05) is 12.1 Å². The standard InChI is InChI=1S/C19H20ClN3S/c1-13-5-6-17(16(11-13)23-9-7-21-8-10-23)24-18-12-22-15-4-2-3-14(20)19(15)18/h2-6,11-12,21-22H,7-10H2,1H3. The van der Waals surface area contributed by atoms with Crippen LogP contribution in [-0.4, -0.2) is 31.2 Å². The summed E-state index contributed by atoms with van der Waals surface area (Å²) in [5.41, 5.74) is 3.70. The second-order valence-electron chi connectivity index (χ2n) is 6.13. The lowest BCUT2D eigenvalue weighted by Crippen LogP contribution is -2.43. The third kappa shape index (κ3) is 3.02. The van der Waals surface area contributed by atoms with E-state index < -0.39 is 0 Å². The van der Waals surface area contributed by atoms with E-state index in [4.69, 9.17) is 11.6 Å². The molecule has 0 spiro atoms. The second kappa shape index (κ2) is 6.71. The van der Waals surface area contributed by atoms with Gasteiger partial charge in [0, 0.05) is 53.1 Å². The van der Waals surface area contributed by atoms with E-state index in [2.05, 4.69) is 52.6 Å². The van der Waals surface area contributed by atoms with Crippen molar-refractivity contribution in [2.75, 3.05) is 31.1 Å². The molecule has 1 aromatic heterocycles. The van der Waals surface area contributed by atoms with Gasteiger partial charge in [-0.05, 0) is 36.8 Å². The molecule has 0 bridgehead atoms. The highest BCUT2D eigenvalue weighted by Gasteiger charge is 2.17. The molecule has 0 amide bonds. The molecule has 1 aliphatic heterocycles. The largest absolute Gasteiger partial charge is 0.368 e. The van der Waals surface area contributed by atoms with Gasteiger partial charge < -0.3 is 15.2 Å². The molecule has 0 saturated carbocycles. The van der Waals surface area contributed by atoms with Gasteiger partial charge in [-0.2, -0.15) is 0 Å². The van der Waals surface area contributed by atoms with Crippen LogP contribution in [0.15, 0.2) is 52.4 Å². The van der Waals surface area contributed by atoms with E-state index in [1.54, 1.807) is 11.8 Å². The monoisotopic (exact) mass is 357 g/mol. The first-order valence-corrected chi connectivity index (χ1v) is 9.41. The fourth-order valence-corrected chi connectivity index (χ4v) is 4.61. The number of piperazine rings is 1. The SMILES string of the molecule is Cc1ccc(Sc2c[nH]c3cccc(Cl)c23)c(N2CCNCC2)c1. The second-order valence-corrected chi connectivity index (χ2v) is 7.62. The van der Waals surface area contributed by atoms with Gasteiger partial charge in [-0.1, -0.05) is 35.5 Å². The molecule has 1 fully saturated rings. The number of aromatic nitrogens is 1. The highest BCUT2D eigenvalue weighted by molar-refractivity contribution is 7.99. The van der Waals surface area contributed by atoms with E-state index in [0.717, 1.165) is 42.1 Å². The van der Waals surface area contributed by atoms with Crippen LogP contribution in [0.2, 0.25) is 5.02 Å². The number of anilines is 1. The zero-order chi connectivity index (χ0) is 16.5. The van der Waals surface area contributed by atoms with E-state index in [9.17, 15) is 0 Å². The number of nitrogens with zero attached hydrogens (tertiary/aromatic N) is 1. The molecule has 3 nitrogen and oxygen atoms in total. The minimum atomic E-state index is 0.798. The summed E-state index contributed by atoms with van der Waals surface area (Å²) in [5.74, 6) is 0. The number of halogens is 1. The number of aromatic amines is 1. The van der Waals surface area contributed by atoms with E-state index >= 15 is 0 Å². The van der Waals surface area contributed by atoms with Crippen LogP contribution in [-0.2, 0) is 0 Å². The zero-order valence-corrected chi connectivity index (χ0v) is 15.2. The van der Waals surface area contributed by atoms with Crippen molar-refractivity contribution < 1.29 is 0 Å². The number of rotatable bonds is 3. The maximum absolute atomic E-state index is 6.43. The minimum absolute atomic E-state index is 0.798. The van der Waals surface area contributed by atoms with Crippen LogP contribution in [0.4, 0.5) is 5.69 Å². The van der Waals surface area contributed by atoms with Gasteiger partial charge in [0.2, 0.25) is 0 Å². The average molecular weight is 358 g/mol. The van der Waals surface area contributed by atoms with Crippen molar-refractivity contribution in [3.63, 3.8) is 0 Å². The first-order chi connectivity index (χ1) is 11.7. The van der Waals surface area contributed by atoms with Crippen molar-refractivity contribution in [1.82, 2.24) is 10.3 Å². The summed E-state index contributed by atoms with van der Waals surface area (Å²) in [7, 11) is 0. The number of fused-ring (bicyclic) bond motifs is 1. The number of nitrogens with one attached hydrogen (secondary N) is 2. The van der Waals surface area contributed by atoms with Crippen LogP contribution in [0.3, 0.4) is 0 Å². The number of benzene rings is 2. The molecule has 0 radical (unpaired) electrons. The molecule has 4 rings (SSSR count). The molecule has 2 aromatic carbocycles. The highest BCUT2D eigenvalue weighted by Crippen LogP contribution is 2.41. The lowest BCUT2D eigenvalue weighted by atomic mass is 10.2. The summed E-state index contributed by atoms with van der Waals surface area (Å²) in [5, 5.41) is 5.33. The Labute approximate surface area is 151 Å². The summed E-state index contributed by atoms with van der Waals surface area (Å²) in [6.45, 7) is 6.33. The Morgan fingerprint density at radius 2 is 1.92 bits per heavy atom. The van der Waals surface area contributed by atoms with E-state index in [0.29, 0.717) is 0 Å². The van der Waals surface area contributed by atoms with E-state index in [-0.39, 0.29) is 0 Å². The van der Waals surface area contributed by atoms with Gasteiger partial charge in [-0.25, -0.2) is 0 Å². The molecular formula is C19H20ClN3S. The maximum Gasteiger partial charge on any atom is 0.0511 e. The lowest BCUT2D eigenvalue weighted by molar-refractivity contribution is 0.587. The van der Waals surface area contributed by atoms with Crippen LogP contribution >= 0.6 is 23.4 Å². The molecule has 0 unspecified atom stereocenters. The predicted octanol–water partition coefficient (Wildman–Crippen LogP) is 4.69. The molecule has 1 saturated heterocycles. The fraction of sp³-hybridized carbons (Fsp3) is 0.263. The zero-order valence-electron chi connectivity index (χ0n) is 13.6. The van der Waals surface area contributed by atoms with Gasteiger partial charge in [0.1, 0.15) is 0 Å². The number of hydrogen-bond acceptors (Lipinski definition) is 3. The van der Waals surface area contributed by atoms with Crippen LogP contribution < -0.4 is 10.2 Å². The smallest absolute Gasteiger partial charge is 0.0511 e. The molecule has 2 N–H and O–H groups in total. The molecular weight excluding hydrogens is 338 g/mol. The van der Waals surface area contributed by atoms with Crippen molar-refractivity contribution >= 4 is 40.0 Å². The van der Waals surface area contributed by atoms with Crippen molar-refractivity contribution in [1.29, 1.82) is 0 Å². The summed E-state index contributed by atoms with van der Waals surface area (Å²) >= 11 is 8.22. The first kappa shape index (κ1) is 15.9. The quantitative estimate of drug-likeness (QED) is 0.713. The molecule has 1 aliphatic rings. The normalized spacial score (nSPS) is 15.2. The predicted molar refractivity (Wildman–Crippen MR) is 104 cm³/mol. The fourth-order valence-electron chi connectivity index (χ4n) is 3.18. The number of aryl methyl sites for hydroxylation is 1. The summed E-state index contributed by atoms with van der Waals surface area (Å²) < 4.78 is 0. The Morgan fingerprint density at radius 3 is 2.75 bits per heavy atom. The summed E-state index contributed by atoms with van der Waals surface area (Å²) in [4.78, 5) is 8.26. The van der Waals surface area contributed by atoms with Gasteiger partial charge in [-0.3, -0.25) is 0 Å². The van der Waals surface area contributed by atoms with Crippen LogP contribution in [0.5, 0.6) is 0 Å². The average Bonchev–Trinajstić information content (AvgIpc) is 3.02. The third-order valence-corrected chi connectivity index (χ3v) is 5.83. The van der Waals surface area contributed by atoms with Crippen molar-refractivity contribution in [3.8, 4) is 0 Å². The molecule has 5 heteroatoms. The molecule has 0 aliphatic carbocycles. The molecule has 3 aromatic rings. The van der Waals surface area contributed by atoms with Gasteiger partial charge in [0.05, 0.1) is 10.7 Å². The van der Waals surface area contributed by atoms with Crippen LogP contribution in [0, 0.1) is 6.92 Å². The third-order valence-electron chi connectivity index (χ3n) is 4.41. The van der Waals surface area contributed by atoms with E-state index in [1.165, 1.54) is 21.0 Å². The molecule has 2 heterocycles. The summed E-state index contributed by atoms with van der Waals surface area (Å²) in [6.07, 6.45) is 2.06. The Balaban J connectivity index is 1.73.